The average molecular weight is 475 g/mol. The van der Waals surface area contributed by atoms with Gasteiger partial charge in [-0.2, -0.15) is 13.2 Å². The van der Waals surface area contributed by atoms with Gasteiger partial charge in [-0.3, -0.25) is 4.90 Å². The molecule has 0 saturated heterocycles. The van der Waals surface area contributed by atoms with Crippen LogP contribution in [0.1, 0.15) is 22.6 Å². The predicted octanol–water partition coefficient (Wildman–Crippen LogP) is 4.58. The number of halogens is 5. The van der Waals surface area contributed by atoms with Gasteiger partial charge in [-0.1, -0.05) is 27.5 Å². The third kappa shape index (κ3) is 3.66. The van der Waals surface area contributed by atoms with Crippen LogP contribution in [0.25, 0.3) is 11.0 Å². The highest BCUT2D eigenvalue weighted by molar-refractivity contribution is 9.10. The lowest BCUT2D eigenvalue weighted by molar-refractivity contribution is -0.145. The maximum atomic E-state index is 12.8. The van der Waals surface area contributed by atoms with Crippen LogP contribution in [-0.2, 0) is 25.7 Å². The van der Waals surface area contributed by atoms with Gasteiger partial charge in [-0.15, -0.1) is 0 Å². The van der Waals surface area contributed by atoms with Crippen LogP contribution in [0.5, 0.6) is 0 Å². The van der Waals surface area contributed by atoms with E-state index in [-0.39, 0.29) is 6.54 Å². The van der Waals surface area contributed by atoms with Gasteiger partial charge in [0.25, 0.3) is 0 Å². The average Bonchev–Trinajstić information content (AvgIpc) is 2.64. The summed E-state index contributed by atoms with van der Waals surface area (Å²) in [6.45, 7) is 0.970. The first-order valence-corrected chi connectivity index (χ1v) is 9.44. The van der Waals surface area contributed by atoms with Crippen molar-refractivity contribution in [2.24, 2.45) is 0 Å². The van der Waals surface area contributed by atoms with E-state index in [1.54, 1.807) is 18.2 Å². The number of hydrogen-bond acceptors (Lipinski definition) is 5. The molecule has 0 spiro atoms. The maximum Gasteiger partial charge on any atom is 0.451 e. The van der Waals surface area contributed by atoms with E-state index in [2.05, 4.69) is 25.9 Å². The molecule has 28 heavy (non-hydrogen) atoms. The van der Waals surface area contributed by atoms with Crippen LogP contribution in [-0.4, -0.2) is 21.4 Å². The van der Waals surface area contributed by atoms with Gasteiger partial charge in [0.1, 0.15) is 5.58 Å². The molecular weight excluding hydrogens is 463 g/mol. The zero-order chi connectivity index (χ0) is 20.1. The van der Waals surface area contributed by atoms with Crippen LogP contribution >= 0.6 is 27.5 Å². The molecule has 0 N–H and O–H groups in total. The van der Waals surface area contributed by atoms with Crippen LogP contribution in [0.2, 0.25) is 5.02 Å². The minimum absolute atomic E-state index is 0.212. The first-order chi connectivity index (χ1) is 13.2. The van der Waals surface area contributed by atoms with E-state index >= 15 is 0 Å². The Kier molecular flexibility index (Phi) is 4.93. The minimum atomic E-state index is -4.57. The van der Waals surface area contributed by atoms with Gasteiger partial charge >= 0.3 is 11.8 Å². The Morgan fingerprint density at radius 3 is 2.86 bits per heavy atom. The van der Waals surface area contributed by atoms with Gasteiger partial charge in [-0.05, 0) is 18.2 Å². The standard InChI is InChI=1S/C18H12BrClF3N3O2/c19-10-1-2-14-11(5-10)15(20)12(16(27)28-14)8-26-4-3-13-9(7-26)6-24-17(25-13)18(21,22)23/h1-2,5-6H,3-4,7-8H2. The lowest BCUT2D eigenvalue weighted by atomic mass is 10.1. The molecule has 0 saturated carbocycles. The number of aromatic nitrogens is 2. The molecule has 1 aliphatic rings. The smallest absolute Gasteiger partial charge is 0.422 e. The van der Waals surface area contributed by atoms with Crippen LogP contribution < -0.4 is 5.63 Å². The maximum absolute atomic E-state index is 12.8. The van der Waals surface area contributed by atoms with E-state index in [9.17, 15) is 18.0 Å². The molecule has 4 rings (SSSR count). The monoisotopic (exact) mass is 473 g/mol. The van der Waals surface area contributed by atoms with Crippen molar-refractivity contribution in [3.05, 3.63) is 67.0 Å². The van der Waals surface area contributed by atoms with Gasteiger partial charge in [-0.25, -0.2) is 14.8 Å². The lowest BCUT2D eigenvalue weighted by Gasteiger charge is -2.28. The highest BCUT2D eigenvalue weighted by Gasteiger charge is 2.35. The SMILES string of the molecule is O=c1oc2ccc(Br)cc2c(Cl)c1CN1CCc2nc(C(F)(F)F)ncc2C1. The van der Waals surface area contributed by atoms with Crippen molar-refractivity contribution in [3.63, 3.8) is 0 Å². The molecule has 2 aromatic heterocycles. The van der Waals surface area contributed by atoms with E-state index < -0.39 is 17.6 Å². The predicted molar refractivity (Wildman–Crippen MR) is 100 cm³/mol. The van der Waals surface area contributed by atoms with Gasteiger partial charge in [0.2, 0.25) is 5.82 Å². The molecule has 0 bridgehead atoms. The van der Waals surface area contributed by atoms with Gasteiger partial charge in [0.05, 0.1) is 16.3 Å². The fourth-order valence-electron chi connectivity index (χ4n) is 3.18. The molecule has 0 atom stereocenters. The Bertz CT molecular complexity index is 1130. The molecule has 0 radical (unpaired) electrons. The second kappa shape index (κ2) is 7.13. The summed E-state index contributed by atoms with van der Waals surface area (Å²) in [6.07, 6.45) is -3.06. The van der Waals surface area contributed by atoms with Crippen molar-refractivity contribution in [2.75, 3.05) is 6.54 Å². The third-order valence-corrected chi connectivity index (χ3v) is 5.47. The quantitative estimate of drug-likeness (QED) is 0.509. The van der Waals surface area contributed by atoms with Crippen molar-refractivity contribution in [1.82, 2.24) is 14.9 Å². The summed E-state index contributed by atoms with van der Waals surface area (Å²) in [7, 11) is 0. The summed E-state index contributed by atoms with van der Waals surface area (Å²) < 4.78 is 44.5. The Morgan fingerprint density at radius 1 is 1.32 bits per heavy atom. The summed E-state index contributed by atoms with van der Waals surface area (Å²) >= 11 is 9.82. The minimum Gasteiger partial charge on any atom is -0.422 e. The topological polar surface area (TPSA) is 59.2 Å². The summed E-state index contributed by atoms with van der Waals surface area (Å²) in [6, 6.07) is 5.17. The molecular formula is C18H12BrClF3N3O2. The van der Waals surface area contributed by atoms with E-state index in [0.29, 0.717) is 52.3 Å². The number of fused-ring (bicyclic) bond motifs is 2. The number of alkyl halides is 3. The molecule has 0 fully saturated rings. The molecule has 0 unspecified atom stereocenters. The zero-order valence-corrected chi connectivity index (χ0v) is 16.5. The Labute approximate surface area is 170 Å². The fourth-order valence-corrected chi connectivity index (χ4v) is 3.83. The molecule has 0 aliphatic carbocycles. The van der Waals surface area contributed by atoms with Gasteiger partial charge in [0.15, 0.2) is 0 Å². The van der Waals surface area contributed by atoms with Crippen molar-refractivity contribution in [3.8, 4) is 0 Å². The van der Waals surface area contributed by atoms with Crippen molar-refractivity contribution < 1.29 is 17.6 Å². The summed E-state index contributed by atoms with van der Waals surface area (Å²) in [5, 5.41) is 0.920. The zero-order valence-electron chi connectivity index (χ0n) is 14.2. The molecule has 10 heteroatoms. The van der Waals surface area contributed by atoms with Crippen molar-refractivity contribution >= 4 is 38.5 Å². The highest BCUT2D eigenvalue weighted by Crippen LogP contribution is 2.30. The molecule has 3 aromatic rings. The third-order valence-electron chi connectivity index (χ3n) is 4.54. The van der Waals surface area contributed by atoms with Gasteiger partial charge in [0, 0.05) is 47.7 Å². The Hall–Kier alpha value is -1.97. The number of rotatable bonds is 2. The van der Waals surface area contributed by atoms with E-state index in [1.165, 1.54) is 6.20 Å². The van der Waals surface area contributed by atoms with Gasteiger partial charge < -0.3 is 4.42 Å². The summed E-state index contributed by atoms with van der Waals surface area (Å²) in [5.74, 6) is -1.14. The molecule has 146 valence electrons. The first kappa shape index (κ1) is 19.4. The van der Waals surface area contributed by atoms with E-state index in [4.69, 9.17) is 16.0 Å². The van der Waals surface area contributed by atoms with Crippen LogP contribution in [0.15, 0.2) is 38.1 Å². The highest BCUT2D eigenvalue weighted by atomic mass is 79.9. The van der Waals surface area contributed by atoms with Crippen molar-refractivity contribution in [1.29, 1.82) is 0 Å². The van der Waals surface area contributed by atoms with E-state index in [0.717, 1.165) is 4.47 Å². The molecule has 3 heterocycles. The van der Waals surface area contributed by atoms with E-state index in [1.807, 2.05) is 4.90 Å². The largest absolute Gasteiger partial charge is 0.451 e. The summed E-state index contributed by atoms with van der Waals surface area (Å²) in [4.78, 5) is 21.3. The van der Waals surface area contributed by atoms with Crippen LogP contribution in [0.3, 0.4) is 0 Å². The van der Waals surface area contributed by atoms with Crippen LogP contribution in [0, 0.1) is 0 Å². The molecule has 1 aromatic carbocycles. The Morgan fingerprint density at radius 2 is 2.11 bits per heavy atom. The fraction of sp³-hybridized carbons (Fsp3) is 0.278. The Balaban J connectivity index is 1.62. The first-order valence-electron chi connectivity index (χ1n) is 8.27. The molecule has 0 amide bonds. The number of nitrogens with zero attached hydrogens (tertiary/aromatic N) is 3. The number of hydrogen-bond donors (Lipinski definition) is 0. The second-order valence-corrected chi connectivity index (χ2v) is 7.74. The lowest BCUT2D eigenvalue weighted by Crippen LogP contribution is -2.33. The van der Waals surface area contributed by atoms with Crippen molar-refractivity contribution in [2.45, 2.75) is 25.7 Å². The summed E-state index contributed by atoms with van der Waals surface area (Å²) in [5.41, 5.74) is 1.14. The normalized spacial score (nSPS) is 15.0. The molecule has 1 aliphatic heterocycles. The molecule has 5 nitrogen and oxygen atoms in total. The second-order valence-electron chi connectivity index (χ2n) is 6.45. The van der Waals surface area contributed by atoms with Crippen LogP contribution in [0.4, 0.5) is 13.2 Å². The number of benzene rings is 1.